The van der Waals surface area contributed by atoms with E-state index in [1.807, 2.05) is 0 Å². The van der Waals surface area contributed by atoms with Gasteiger partial charge in [-0.25, -0.2) is 0 Å². The van der Waals surface area contributed by atoms with E-state index in [9.17, 15) is 0 Å². The molecule has 1 nitrogen and oxygen atoms in total. The molecule has 1 N–H and O–H groups in total. The van der Waals surface area contributed by atoms with Crippen LogP contribution in [0.1, 0.15) is 31.7 Å². The number of benzene rings is 1. The molecule has 2 rings (SSSR count). The van der Waals surface area contributed by atoms with E-state index >= 15 is 0 Å². The van der Waals surface area contributed by atoms with Crippen molar-refractivity contribution >= 4 is 21.6 Å². The van der Waals surface area contributed by atoms with Gasteiger partial charge >= 0.3 is 0 Å². The predicted molar refractivity (Wildman–Crippen MR) is 69.3 cm³/mol. The van der Waals surface area contributed by atoms with Crippen LogP contribution in [0, 0.1) is 12.8 Å². The molecule has 1 aromatic rings. The van der Waals surface area contributed by atoms with Gasteiger partial charge in [0.1, 0.15) is 0 Å². The molecule has 2 unspecified atom stereocenters. The zero-order chi connectivity index (χ0) is 10.8. The molecule has 15 heavy (non-hydrogen) atoms. The van der Waals surface area contributed by atoms with E-state index in [1.54, 1.807) is 0 Å². The molecule has 0 bridgehead atoms. The zero-order valence-electron chi connectivity index (χ0n) is 9.39. The number of halogens is 1. The second-order valence-electron chi connectivity index (χ2n) is 4.72. The van der Waals surface area contributed by atoms with Gasteiger partial charge in [0.25, 0.3) is 0 Å². The molecule has 0 aliphatic heterocycles. The van der Waals surface area contributed by atoms with Crippen molar-refractivity contribution in [1.82, 2.24) is 0 Å². The van der Waals surface area contributed by atoms with Crippen molar-refractivity contribution in [2.24, 2.45) is 5.92 Å². The smallest absolute Gasteiger partial charge is 0.0345 e. The Morgan fingerprint density at radius 2 is 2.13 bits per heavy atom. The van der Waals surface area contributed by atoms with Crippen LogP contribution >= 0.6 is 15.9 Å². The van der Waals surface area contributed by atoms with Gasteiger partial charge in [-0.1, -0.05) is 22.9 Å². The lowest BCUT2D eigenvalue weighted by Gasteiger charge is -2.14. The Labute approximate surface area is 100 Å². The summed E-state index contributed by atoms with van der Waals surface area (Å²) in [6.07, 6.45) is 4.00. The molecule has 1 fully saturated rings. The molecule has 2 heteroatoms. The molecule has 1 saturated carbocycles. The first-order chi connectivity index (χ1) is 7.15. The first-order valence-electron chi connectivity index (χ1n) is 5.68. The van der Waals surface area contributed by atoms with Crippen molar-refractivity contribution in [3.63, 3.8) is 0 Å². The van der Waals surface area contributed by atoms with Crippen LogP contribution < -0.4 is 5.32 Å². The Morgan fingerprint density at radius 1 is 1.33 bits per heavy atom. The fraction of sp³-hybridized carbons (Fsp3) is 0.538. The van der Waals surface area contributed by atoms with Crippen LogP contribution in [0.15, 0.2) is 22.7 Å². The number of nitrogens with one attached hydrogen (secondary N) is 1. The van der Waals surface area contributed by atoms with Crippen molar-refractivity contribution in [3.05, 3.63) is 28.2 Å². The standard InChI is InChI=1S/C13H18BrN/c1-9-3-4-11(7-9)15-12-5-6-13(14)10(2)8-12/h5-6,8-9,11,15H,3-4,7H2,1-2H3. The highest BCUT2D eigenvalue weighted by Crippen LogP contribution is 2.28. The van der Waals surface area contributed by atoms with Gasteiger partial charge < -0.3 is 5.32 Å². The highest BCUT2D eigenvalue weighted by molar-refractivity contribution is 9.10. The number of hydrogen-bond donors (Lipinski definition) is 1. The lowest BCUT2D eigenvalue weighted by atomic mass is 10.1. The maximum Gasteiger partial charge on any atom is 0.0345 e. The van der Waals surface area contributed by atoms with E-state index in [-0.39, 0.29) is 0 Å². The van der Waals surface area contributed by atoms with Crippen LogP contribution in [0.4, 0.5) is 5.69 Å². The third kappa shape index (κ3) is 2.75. The third-order valence-electron chi connectivity index (χ3n) is 3.22. The van der Waals surface area contributed by atoms with Crippen molar-refractivity contribution < 1.29 is 0 Å². The zero-order valence-corrected chi connectivity index (χ0v) is 11.0. The number of anilines is 1. The van der Waals surface area contributed by atoms with Crippen LogP contribution in [0.2, 0.25) is 0 Å². The fourth-order valence-electron chi connectivity index (χ4n) is 2.31. The fourth-order valence-corrected chi connectivity index (χ4v) is 2.56. The van der Waals surface area contributed by atoms with E-state index in [4.69, 9.17) is 0 Å². The molecular formula is C13H18BrN. The lowest BCUT2D eigenvalue weighted by Crippen LogP contribution is -2.15. The molecule has 0 heterocycles. The first kappa shape index (κ1) is 11.0. The Kier molecular flexibility index (Phi) is 3.35. The molecule has 0 aromatic heterocycles. The maximum atomic E-state index is 3.62. The van der Waals surface area contributed by atoms with Crippen LogP contribution in [0.25, 0.3) is 0 Å². The summed E-state index contributed by atoms with van der Waals surface area (Å²) in [6, 6.07) is 7.17. The second kappa shape index (κ2) is 4.56. The molecule has 0 spiro atoms. The van der Waals surface area contributed by atoms with E-state index in [2.05, 4.69) is 53.3 Å². The van der Waals surface area contributed by atoms with Crippen molar-refractivity contribution in [2.45, 2.75) is 39.2 Å². The van der Waals surface area contributed by atoms with Crippen molar-refractivity contribution in [3.8, 4) is 0 Å². The van der Waals surface area contributed by atoms with E-state index in [0.29, 0.717) is 6.04 Å². The Bertz CT molecular complexity index is 348. The van der Waals surface area contributed by atoms with Gasteiger partial charge in [-0.3, -0.25) is 0 Å². The summed E-state index contributed by atoms with van der Waals surface area (Å²) in [4.78, 5) is 0. The molecule has 0 saturated heterocycles. The number of rotatable bonds is 2. The third-order valence-corrected chi connectivity index (χ3v) is 4.11. The van der Waals surface area contributed by atoms with Crippen LogP contribution in [0.5, 0.6) is 0 Å². The minimum absolute atomic E-state index is 0.681. The number of hydrogen-bond acceptors (Lipinski definition) is 1. The minimum atomic E-state index is 0.681. The summed E-state index contributed by atoms with van der Waals surface area (Å²) in [6.45, 7) is 4.47. The van der Waals surface area contributed by atoms with Gasteiger partial charge in [-0.2, -0.15) is 0 Å². The average molecular weight is 268 g/mol. The van der Waals surface area contributed by atoms with Gasteiger partial charge in [0.05, 0.1) is 0 Å². The molecule has 1 aliphatic rings. The average Bonchev–Trinajstić information content (AvgIpc) is 2.58. The molecule has 1 aliphatic carbocycles. The predicted octanol–water partition coefficient (Wildman–Crippen LogP) is 4.36. The Balaban J connectivity index is 2.02. The largest absolute Gasteiger partial charge is 0.382 e. The normalized spacial score (nSPS) is 25.5. The quantitative estimate of drug-likeness (QED) is 0.840. The SMILES string of the molecule is Cc1cc(NC2CCC(C)C2)ccc1Br. The van der Waals surface area contributed by atoms with Crippen molar-refractivity contribution in [2.75, 3.05) is 5.32 Å². The van der Waals surface area contributed by atoms with Gasteiger partial charge in [0.15, 0.2) is 0 Å². The molecular weight excluding hydrogens is 250 g/mol. The van der Waals surface area contributed by atoms with Gasteiger partial charge in [0, 0.05) is 16.2 Å². The molecule has 2 atom stereocenters. The second-order valence-corrected chi connectivity index (χ2v) is 5.58. The Hall–Kier alpha value is -0.500. The van der Waals surface area contributed by atoms with Gasteiger partial charge in [-0.05, 0) is 55.9 Å². The summed E-state index contributed by atoms with van der Waals surface area (Å²) >= 11 is 3.52. The highest BCUT2D eigenvalue weighted by Gasteiger charge is 2.20. The Morgan fingerprint density at radius 3 is 2.73 bits per heavy atom. The molecule has 82 valence electrons. The summed E-state index contributed by atoms with van der Waals surface area (Å²) in [5.41, 5.74) is 2.56. The van der Waals surface area contributed by atoms with Crippen LogP contribution in [-0.4, -0.2) is 6.04 Å². The summed E-state index contributed by atoms with van der Waals surface area (Å²) < 4.78 is 1.19. The number of aryl methyl sites for hydroxylation is 1. The van der Waals surface area contributed by atoms with E-state index in [1.165, 1.54) is 35.0 Å². The summed E-state index contributed by atoms with van der Waals surface area (Å²) in [7, 11) is 0. The van der Waals surface area contributed by atoms with Gasteiger partial charge in [-0.15, -0.1) is 0 Å². The van der Waals surface area contributed by atoms with E-state index < -0.39 is 0 Å². The molecule has 1 aromatic carbocycles. The van der Waals surface area contributed by atoms with Gasteiger partial charge in [0.2, 0.25) is 0 Å². The molecule has 0 amide bonds. The van der Waals surface area contributed by atoms with Crippen molar-refractivity contribution in [1.29, 1.82) is 0 Å². The topological polar surface area (TPSA) is 12.0 Å². The lowest BCUT2D eigenvalue weighted by molar-refractivity contribution is 0.602. The van der Waals surface area contributed by atoms with Crippen LogP contribution in [-0.2, 0) is 0 Å². The minimum Gasteiger partial charge on any atom is -0.382 e. The maximum absolute atomic E-state index is 3.62. The van der Waals surface area contributed by atoms with Crippen LogP contribution in [0.3, 0.4) is 0 Å². The summed E-state index contributed by atoms with van der Waals surface area (Å²) in [5.74, 6) is 0.888. The monoisotopic (exact) mass is 267 g/mol. The summed E-state index contributed by atoms with van der Waals surface area (Å²) in [5, 5.41) is 3.62. The first-order valence-corrected chi connectivity index (χ1v) is 6.47. The van der Waals surface area contributed by atoms with E-state index in [0.717, 1.165) is 5.92 Å². The highest BCUT2D eigenvalue weighted by atomic mass is 79.9. The molecule has 0 radical (unpaired) electrons.